The van der Waals surface area contributed by atoms with E-state index < -0.39 is 11.6 Å². The van der Waals surface area contributed by atoms with E-state index in [1.54, 1.807) is 17.3 Å². The molecular weight excluding hydrogens is 326 g/mol. The quantitative estimate of drug-likeness (QED) is 0.839. The average Bonchev–Trinajstić information content (AvgIpc) is 3.42. The molecule has 1 aromatic carbocycles. The Kier molecular flexibility index (Phi) is 5.38. The number of aliphatic hydroxyl groups excluding tert-OH is 1. The van der Waals surface area contributed by atoms with Crippen molar-refractivity contribution in [3.8, 4) is 0 Å². The summed E-state index contributed by atoms with van der Waals surface area (Å²) in [5.41, 5.74) is 1.21. The lowest BCUT2D eigenvalue weighted by molar-refractivity contribution is -0.133. The fraction of sp³-hybridized carbons (Fsp3) is 0.368. The molecule has 0 saturated heterocycles. The third-order valence-corrected chi connectivity index (χ3v) is 4.51. The highest BCUT2D eigenvalue weighted by atomic mass is 19.2. The van der Waals surface area contributed by atoms with E-state index in [2.05, 4.69) is 4.98 Å². The Hall–Kier alpha value is -2.34. The maximum Gasteiger partial charge on any atom is 0.226 e. The van der Waals surface area contributed by atoms with E-state index in [4.69, 9.17) is 5.11 Å². The first-order valence-electron chi connectivity index (χ1n) is 8.34. The average molecular weight is 346 g/mol. The second kappa shape index (κ2) is 7.70. The predicted octanol–water partition coefficient (Wildman–Crippen LogP) is 2.87. The Labute approximate surface area is 145 Å². The molecule has 4 nitrogen and oxygen atoms in total. The second-order valence-electron chi connectivity index (χ2n) is 6.28. The number of halogens is 2. The monoisotopic (exact) mass is 346 g/mol. The Morgan fingerprint density at radius 3 is 2.72 bits per heavy atom. The summed E-state index contributed by atoms with van der Waals surface area (Å²) < 4.78 is 27.3. The molecule has 0 unspecified atom stereocenters. The van der Waals surface area contributed by atoms with Crippen LogP contribution in [0.2, 0.25) is 0 Å². The Morgan fingerprint density at radius 1 is 1.24 bits per heavy atom. The molecule has 0 radical (unpaired) electrons. The van der Waals surface area contributed by atoms with E-state index in [-0.39, 0.29) is 29.9 Å². The number of hydrogen-bond donors (Lipinski definition) is 1. The lowest BCUT2D eigenvalue weighted by Crippen LogP contribution is -2.33. The Balaban J connectivity index is 1.71. The molecule has 132 valence electrons. The van der Waals surface area contributed by atoms with Crippen molar-refractivity contribution in [3.63, 3.8) is 0 Å². The van der Waals surface area contributed by atoms with Gasteiger partial charge in [-0.2, -0.15) is 0 Å². The summed E-state index contributed by atoms with van der Waals surface area (Å²) in [7, 11) is 0. The summed E-state index contributed by atoms with van der Waals surface area (Å²) >= 11 is 0. The summed E-state index contributed by atoms with van der Waals surface area (Å²) in [5.74, 6) is -2.45. The van der Waals surface area contributed by atoms with Gasteiger partial charge in [0.25, 0.3) is 0 Å². The summed E-state index contributed by atoms with van der Waals surface area (Å²) in [6.45, 7) is 0.829. The molecule has 25 heavy (non-hydrogen) atoms. The van der Waals surface area contributed by atoms with Gasteiger partial charge in [0.05, 0.1) is 0 Å². The fourth-order valence-corrected chi connectivity index (χ4v) is 3.09. The van der Waals surface area contributed by atoms with Crippen LogP contribution in [0.15, 0.2) is 42.7 Å². The van der Waals surface area contributed by atoms with Crippen molar-refractivity contribution in [2.24, 2.45) is 5.92 Å². The fourth-order valence-electron chi connectivity index (χ4n) is 3.09. The maximum absolute atomic E-state index is 13.9. The second-order valence-corrected chi connectivity index (χ2v) is 6.28. The first-order valence-corrected chi connectivity index (χ1v) is 8.34. The smallest absolute Gasteiger partial charge is 0.226 e. The van der Waals surface area contributed by atoms with E-state index in [1.807, 2.05) is 12.1 Å². The number of benzene rings is 1. The number of carbonyl (C=O) groups is 1. The molecule has 1 N–H and O–H groups in total. The molecule has 0 aliphatic heterocycles. The van der Waals surface area contributed by atoms with E-state index in [0.29, 0.717) is 25.9 Å². The first kappa shape index (κ1) is 17.5. The Bertz CT molecular complexity index is 739. The molecular formula is C19H20F2N2O2. The highest BCUT2D eigenvalue weighted by Gasteiger charge is 2.47. The molecule has 2 atom stereocenters. The highest BCUT2D eigenvalue weighted by Crippen LogP contribution is 2.49. The summed E-state index contributed by atoms with van der Waals surface area (Å²) in [6.07, 6.45) is 4.31. The van der Waals surface area contributed by atoms with Gasteiger partial charge in [0.2, 0.25) is 5.91 Å². The third kappa shape index (κ3) is 4.02. The normalized spacial score (nSPS) is 18.8. The van der Waals surface area contributed by atoms with Gasteiger partial charge in [-0.25, -0.2) is 8.78 Å². The van der Waals surface area contributed by atoms with E-state index >= 15 is 0 Å². The van der Waals surface area contributed by atoms with Crippen LogP contribution in [0.1, 0.15) is 29.9 Å². The number of aromatic nitrogens is 1. The van der Waals surface area contributed by atoms with Crippen LogP contribution in [-0.2, 0) is 11.3 Å². The minimum absolute atomic E-state index is 0.00720. The van der Waals surface area contributed by atoms with Gasteiger partial charge in [-0.15, -0.1) is 0 Å². The zero-order valence-electron chi connectivity index (χ0n) is 13.7. The SMILES string of the molecule is O=C([C@@H]1C[C@H]1c1cccc(F)c1F)N(CCCO)Cc1ccncc1. The Morgan fingerprint density at radius 2 is 2.00 bits per heavy atom. The largest absolute Gasteiger partial charge is 0.396 e. The number of aliphatic hydroxyl groups is 1. The molecule has 2 aromatic rings. The third-order valence-electron chi connectivity index (χ3n) is 4.51. The van der Waals surface area contributed by atoms with E-state index in [0.717, 1.165) is 11.6 Å². The summed E-state index contributed by atoms with van der Waals surface area (Å²) in [4.78, 5) is 18.4. The molecule has 1 amide bonds. The maximum atomic E-state index is 13.9. The van der Waals surface area contributed by atoms with Gasteiger partial charge in [0.1, 0.15) is 0 Å². The summed E-state index contributed by atoms with van der Waals surface area (Å²) in [5, 5.41) is 9.07. The molecule has 1 aliphatic carbocycles. The molecule has 1 fully saturated rings. The highest BCUT2D eigenvalue weighted by molar-refractivity contribution is 5.83. The van der Waals surface area contributed by atoms with Crippen molar-refractivity contribution in [3.05, 3.63) is 65.5 Å². The van der Waals surface area contributed by atoms with Crippen LogP contribution >= 0.6 is 0 Å². The van der Waals surface area contributed by atoms with Crippen LogP contribution in [-0.4, -0.2) is 34.0 Å². The van der Waals surface area contributed by atoms with Crippen molar-refractivity contribution in [2.75, 3.05) is 13.2 Å². The number of carbonyl (C=O) groups excluding carboxylic acids is 1. The predicted molar refractivity (Wildman–Crippen MR) is 88.6 cm³/mol. The van der Waals surface area contributed by atoms with Gasteiger partial charge < -0.3 is 10.0 Å². The topological polar surface area (TPSA) is 53.4 Å². The van der Waals surface area contributed by atoms with Crippen molar-refractivity contribution in [2.45, 2.75) is 25.3 Å². The van der Waals surface area contributed by atoms with Crippen molar-refractivity contribution in [1.29, 1.82) is 0 Å². The number of hydrogen-bond acceptors (Lipinski definition) is 3. The van der Waals surface area contributed by atoms with Crippen molar-refractivity contribution in [1.82, 2.24) is 9.88 Å². The molecule has 6 heteroatoms. The summed E-state index contributed by atoms with van der Waals surface area (Å²) in [6, 6.07) is 7.74. The van der Waals surface area contributed by atoms with Crippen LogP contribution in [0.25, 0.3) is 0 Å². The van der Waals surface area contributed by atoms with Crippen LogP contribution in [0.4, 0.5) is 8.78 Å². The van der Waals surface area contributed by atoms with Crippen LogP contribution < -0.4 is 0 Å². The zero-order valence-corrected chi connectivity index (χ0v) is 13.7. The minimum Gasteiger partial charge on any atom is -0.396 e. The van der Waals surface area contributed by atoms with E-state index in [1.165, 1.54) is 12.1 Å². The molecule has 0 bridgehead atoms. The van der Waals surface area contributed by atoms with Gasteiger partial charge in [0, 0.05) is 38.0 Å². The number of pyridine rings is 1. The molecule has 3 rings (SSSR count). The van der Waals surface area contributed by atoms with Crippen LogP contribution in [0, 0.1) is 17.6 Å². The van der Waals surface area contributed by atoms with Crippen molar-refractivity contribution < 1.29 is 18.7 Å². The van der Waals surface area contributed by atoms with Crippen LogP contribution in [0.5, 0.6) is 0 Å². The molecule has 1 aliphatic rings. The number of nitrogens with zero attached hydrogens (tertiary/aromatic N) is 2. The lowest BCUT2D eigenvalue weighted by atomic mass is 10.1. The van der Waals surface area contributed by atoms with Gasteiger partial charge in [-0.05, 0) is 48.1 Å². The van der Waals surface area contributed by atoms with Gasteiger partial charge in [-0.3, -0.25) is 9.78 Å². The number of rotatable bonds is 7. The first-order chi connectivity index (χ1) is 12.1. The molecule has 1 heterocycles. The minimum atomic E-state index is -0.885. The zero-order chi connectivity index (χ0) is 17.8. The van der Waals surface area contributed by atoms with Gasteiger partial charge in [-0.1, -0.05) is 12.1 Å². The molecule has 1 aromatic heterocycles. The molecule has 1 saturated carbocycles. The molecule has 0 spiro atoms. The van der Waals surface area contributed by atoms with Crippen molar-refractivity contribution >= 4 is 5.91 Å². The lowest BCUT2D eigenvalue weighted by Gasteiger charge is -2.23. The van der Waals surface area contributed by atoms with Gasteiger partial charge >= 0.3 is 0 Å². The number of amides is 1. The van der Waals surface area contributed by atoms with Gasteiger partial charge in [0.15, 0.2) is 11.6 Å². The van der Waals surface area contributed by atoms with E-state index in [9.17, 15) is 13.6 Å². The van der Waals surface area contributed by atoms with Crippen LogP contribution in [0.3, 0.4) is 0 Å². The standard InChI is InChI=1S/C19H20F2N2O2/c20-17-4-1-3-14(18(17)21)15-11-16(15)19(25)23(9-2-10-24)12-13-5-7-22-8-6-13/h1,3-8,15-16,24H,2,9-12H2/t15-,16+/m0/s1.